The van der Waals surface area contributed by atoms with Gasteiger partial charge in [-0.25, -0.2) is 0 Å². The molecule has 1 atom stereocenters. The van der Waals surface area contributed by atoms with E-state index in [9.17, 15) is 9.59 Å². The first-order valence-electron chi connectivity index (χ1n) is 8.75. The number of rotatable bonds is 7. The lowest BCUT2D eigenvalue weighted by molar-refractivity contribution is -0.122. The Balaban J connectivity index is 1.93. The van der Waals surface area contributed by atoms with Crippen LogP contribution in [-0.4, -0.2) is 17.9 Å². The minimum absolute atomic E-state index is 0.0417. The first kappa shape index (κ1) is 20.0. The number of amides is 2. The van der Waals surface area contributed by atoms with Gasteiger partial charge in [0.05, 0.1) is 5.56 Å². The third-order valence-corrected chi connectivity index (χ3v) is 3.71. The normalized spacial score (nSPS) is 11.4. The Morgan fingerprint density at radius 3 is 2.19 bits per heavy atom. The van der Waals surface area contributed by atoms with Gasteiger partial charge in [0, 0.05) is 17.8 Å². The summed E-state index contributed by atoms with van der Waals surface area (Å²) in [5.41, 5.74) is 1.63. The van der Waals surface area contributed by atoms with E-state index >= 15 is 0 Å². The van der Waals surface area contributed by atoms with Crippen molar-refractivity contribution in [2.45, 2.75) is 33.3 Å². The first-order valence-corrected chi connectivity index (χ1v) is 8.75. The molecular formula is C21H23N3O3. The monoisotopic (exact) mass is 365 g/mol. The van der Waals surface area contributed by atoms with Crippen LogP contribution < -0.4 is 15.4 Å². The predicted molar refractivity (Wildman–Crippen MR) is 104 cm³/mol. The Morgan fingerprint density at radius 2 is 1.59 bits per heavy atom. The number of hydrogen-bond donors (Lipinski definition) is 2. The van der Waals surface area contributed by atoms with E-state index in [-0.39, 0.29) is 17.7 Å². The van der Waals surface area contributed by atoms with Crippen LogP contribution in [0.25, 0.3) is 0 Å². The first-order chi connectivity index (χ1) is 12.9. The summed E-state index contributed by atoms with van der Waals surface area (Å²) in [7, 11) is 0. The molecule has 0 bridgehead atoms. The fourth-order valence-electron chi connectivity index (χ4n) is 2.37. The number of benzene rings is 2. The van der Waals surface area contributed by atoms with E-state index in [0.29, 0.717) is 29.1 Å². The van der Waals surface area contributed by atoms with Crippen molar-refractivity contribution < 1.29 is 14.3 Å². The number of ether oxygens (including phenoxy) is 1. The lowest BCUT2D eigenvalue weighted by Gasteiger charge is -2.15. The van der Waals surface area contributed by atoms with E-state index in [1.54, 1.807) is 55.5 Å². The molecule has 0 saturated carbocycles. The molecule has 0 radical (unpaired) electrons. The van der Waals surface area contributed by atoms with Crippen LogP contribution in [0.15, 0.2) is 48.5 Å². The lowest BCUT2D eigenvalue weighted by atomic mass is 10.1. The number of nitriles is 1. The van der Waals surface area contributed by atoms with Gasteiger partial charge in [0.25, 0.3) is 5.91 Å². The molecule has 0 aliphatic rings. The van der Waals surface area contributed by atoms with Gasteiger partial charge in [-0.3, -0.25) is 9.59 Å². The summed E-state index contributed by atoms with van der Waals surface area (Å²) in [6.45, 7) is 5.58. The summed E-state index contributed by atoms with van der Waals surface area (Å²) < 4.78 is 5.59. The number of nitrogens with zero attached hydrogens (tertiary/aromatic N) is 1. The molecule has 2 aromatic carbocycles. The minimum atomic E-state index is -0.773. The molecule has 6 nitrogen and oxygen atoms in total. The fourth-order valence-corrected chi connectivity index (χ4v) is 2.37. The Hall–Kier alpha value is -3.33. The topological polar surface area (TPSA) is 91.2 Å². The van der Waals surface area contributed by atoms with Gasteiger partial charge in [0.15, 0.2) is 6.10 Å². The van der Waals surface area contributed by atoms with Crippen molar-refractivity contribution in [3.63, 3.8) is 0 Å². The van der Waals surface area contributed by atoms with Crippen LogP contribution in [0.1, 0.15) is 32.8 Å². The van der Waals surface area contributed by atoms with E-state index in [2.05, 4.69) is 10.6 Å². The van der Waals surface area contributed by atoms with E-state index in [0.717, 1.165) is 0 Å². The van der Waals surface area contributed by atoms with Crippen LogP contribution in [-0.2, 0) is 9.59 Å². The molecule has 2 rings (SSSR count). The average Bonchev–Trinajstić information content (AvgIpc) is 2.63. The summed E-state index contributed by atoms with van der Waals surface area (Å²) in [6, 6.07) is 15.7. The highest BCUT2D eigenvalue weighted by atomic mass is 16.5. The van der Waals surface area contributed by atoms with Crippen LogP contribution in [0.4, 0.5) is 11.4 Å². The van der Waals surface area contributed by atoms with Crippen molar-refractivity contribution in [2.75, 3.05) is 10.6 Å². The molecule has 1 unspecified atom stereocenters. The van der Waals surface area contributed by atoms with Crippen LogP contribution in [0.3, 0.4) is 0 Å². The number of carbonyl (C=O) groups excluding carboxylic acids is 2. The smallest absolute Gasteiger partial charge is 0.265 e. The molecule has 0 aliphatic carbocycles. The molecule has 0 heterocycles. The summed E-state index contributed by atoms with van der Waals surface area (Å²) in [5, 5.41) is 14.6. The van der Waals surface area contributed by atoms with E-state index in [1.165, 1.54) is 0 Å². The molecule has 0 fully saturated rings. The Morgan fingerprint density at radius 1 is 1.00 bits per heavy atom. The summed E-state index contributed by atoms with van der Waals surface area (Å²) in [5.74, 6) is 0.279. The molecule has 27 heavy (non-hydrogen) atoms. The van der Waals surface area contributed by atoms with E-state index in [4.69, 9.17) is 10.00 Å². The molecule has 0 spiro atoms. The molecule has 2 N–H and O–H groups in total. The third kappa shape index (κ3) is 6.15. The van der Waals surface area contributed by atoms with Crippen molar-refractivity contribution in [2.24, 2.45) is 5.92 Å². The average molecular weight is 365 g/mol. The van der Waals surface area contributed by atoms with Crippen LogP contribution in [0.2, 0.25) is 0 Å². The summed E-state index contributed by atoms with van der Waals surface area (Å²) in [4.78, 5) is 24.1. The molecule has 2 aromatic rings. The molecule has 0 saturated heterocycles. The number of anilines is 2. The Labute approximate surface area is 159 Å². The van der Waals surface area contributed by atoms with Gasteiger partial charge in [0.1, 0.15) is 11.8 Å². The maximum atomic E-state index is 12.3. The van der Waals surface area contributed by atoms with Gasteiger partial charge in [0.2, 0.25) is 5.91 Å². The highest BCUT2D eigenvalue weighted by molar-refractivity contribution is 5.95. The number of nitrogens with one attached hydrogen (secondary N) is 2. The number of hydrogen-bond acceptors (Lipinski definition) is 4. The lowest BCUT2D eigenvalue weighted by Crippen LogP contribution is -2.30. The minimum Gasteiger partial charge on any atom is -0.480 e. The predicted octanol–water partition coefficient (Wildman–Crippen LogP) is 3.95. The van der Waals surface area contributed by atoms with Crippen LogP contribution in [0.5, 0.6) is 5.75 Å². The van der Waals surface area contributed by atoms with Crippen molar-refractivity contribution in [1.82, 2.24) is 0 Å². The highest BCUT2D eigenvalue weighted by Crippen LogP contribution is 2.19. The van der Waals surface area contributed by atoms with Crippen LogP contribution in [0, 0.1) is 17.2 Å². The van der Waals surface area contributed by atoms with Crippen LogP contribution >= 0.6 is 0 Å². The number of para-hydroxylation sites is 1. The van der Waals surface area contributed by atoms with Gasteiger partial charge < -0.3 is 15.4 Å². The highest BCUT2D eigenvalue weighted by Gasteiger charge is 2.16. The maximum absolute atomic E-state index is 12.3. The SMILES string of the molecule is CC(C)CC(=O)Nc1ccc(NC(=O)C(C)Oc2ccccc2C#N)cc1. The van der Waals surface area contributed by atoms with Crippen molar-refractivity contribution in [3.8, 4) is 11.8 Å². The van der Waals surface area contributed by atoms with Crippen molar-refractivity contribution in [3.05, 3.63) is 54.1 Å². The maximum Gasteiger partial charge on any atom is 0.265 e. The van der Waals surface area contributed by atoms with Gasteiger partial charge in [-0.15, -0.1) is 0 Å². The molecule has 0 aliphatic heterocycles. The zero-order valence-corrected chi connectivity index (χ0v) is 15.7. The Bertz CT molecular complexity index is 838. The van der Waals surface area contributed by atoms with Crippen molar-refractivity contribution >= 4 is 23.2 Å². The molecular weight excluding hydrogens is 342 g/mol. The quantitative estimate of drug-likeness (QED) is 0.777. The summed E-state index contributed by atoms with van der Waals surface area (Å²) in [6.07, 6.45) is -0.317. The fraction of sp³-hybridized carbons (Fsp3) is 0.286. The van der Waals surface area contributed by atoms with Gasteiger partial charge >= 0.3 is 0 Å². The van der Waals surface area contributed by atoms with Gasteiger partial charge in [-0.05, 0) is 49.2 Å². The standard InChI is InChI=1S/C21H23N3O3/c1-14(2)12-20(25)23-17-8-10-18(11-9-17)24-21(26)15(3)27-19-7-5-4-6-16(19)13-22/h4-11,14-15H,12H2,1-3H3,(H,23,25)(H,24,26). The summed E-state index contributed by atoms with van der Waals surface area (Å²) >= 11 is 0. The zero-order valence-electron chi connectivity index (χ0n) is 15.7. The van der Waals surface area contributed by atoms with Gasteiger partial charge in [-0.2, -0.15) is 5.26 Å². The third-order valence-electron chi connectivity index (χ3n) is 3.71. The molecule has 140 valence electrons. The largest absolute Gasteiger partial charge is 0.480 e. The Kier molecular flexibility index (Phi) is 6.95. The molecule has 2 amide bonds. The molecule has 6 heteroatoms. The van der Waals surface area contributed by atoms with E-state index in [1.807, 2.05) is 19.9 Å². The van der Waals surface area contributed by atoms with Gasteiger partial charge in [-0.1, -0.05) is 26.0 Å². The number of carbonyl (C=O) groups is 2. The second-order valence-electron chi connectivity index (χ2n) is 6.58. The zero-order chi connectivity index (χ0) is 19.8. The van der Waals surface area contributed by atoms with Crippen molar-refractivity contribution in [1.29, 1.82) is 5.26 Å². The molecule has 0 aromatic heterocycles. The second-order valence-corrected chi connectivity index (χ2v) is 6.58. The second kappa shape index (κ2) is 9.39. The van der Waals surface area contributed by atoms with E-state index < -0.39 is 6.10 Å².